The first-order valence-electron chi connectivity index (χ1n) is 10.1. The number of ether oxygens (including phenoxy) is 1. The summed E-state index contributed by atoms with van der Waals surface area (Å²) in [5, 5.41) is 4.95. The Bertz CT molecular complexity index is 1280. The number of nitrogens with one attached hydrogen (secondary N) is 2. The standard InChI is InChI=1S/C23H18FN5O4/c1-33-22-25-9-15(10-26-22)13-2-5-16(6-3-13)23(20(31)27-21(32)28-23)12-29-11-14-4-7-17(24)8-18(14)19(29)30/h2-10H,11-12H2,1H3,(H2,27,28,31,32). The van der Waals surface area contributed by atoms with E-state index in [0.29, 0.717) is 11.1 Å². The zero-order valence-electron chi connectivity index (χ0n) is 17.5. The third-order valence-corrected chi connectivity index (χ3v) is 5.84. The molecule has 0 aliphatic carbocycles. The number of amides is 4. The lowest BCUT2D eigenvalue weighted by Gasteiger charge is -2.31. The van der Waals surface area contributed by atoms with Gasteiger partial charge in [0, 0.05) is 30.1 Å². The van der Waals surface area contributed by atoms with Crippen LogP contribution in [-0.4, -0.2) is 46.4 Å². The third kappa shape index (κ3) is 3.45. The summed E-state index contributed by atoms with van der Waals surface area (Å²) in [4.78, 5) is 47.5. The first-order valence-corrected chi connectivity index (χ1v) is 10.1. The Morgan fingerprint density at radius 1 is 1.06 bits per heavy atom. The van der Waals surface area contributed by atoms with Crippen molar-refractivity contribution in [3.05, 3.63) is 77.4 Å². The molecular formula is C23H18FN5O4. The van der Waals surface area contributed by atoms with Crippen molar-refractivity contribution >= 4 is 17.8 Å². The molecule has 2 N–H and O–H groups in total. The van der Waals surface area contributed by atoms with E-state index in [1.807, 2.05) is 0 Å². The molecule has 0 radical (unpaired) electrons. The average molecular weight is 447 g/mol. The maximum Gasteiger partial charge on any atom is 0.322 e. The Kier molecular flexibility index (Phi) is 4.77. The van der Waals surface area contributed by atoms with Crippen molar-refractivity contribution in [2.75, 3.05) is 13.7 Å². The van der Waals surface area contributed by atoms with E-state index in [2.05, 4.69) is 20.6 Å². The van der Waals surface area contributed by atoms with Crippen LogP contribution in [0.1, 0.15) is 21.5 Å². The van der Waals surface area contributed by atoms with E-state index in [1.165, 1.54) is 24.1 Å². The van der Waals surface area contributed by atoms with Crippen molar-refractivity contribution in [2.24, 2.45) is 0 Å². The highest BCUT2D eigenvalue weighted by atomic mass is 19.1. The number of urea groups is 1. The minimum absolute atomic E-state index is 0.106. The van der Waals surface area contributed by atoms with E-state index in [9.17, 15) is 18.8 Å². The largest absolute Gasteiger partial charge is 0.467 e. The van der Waals surface area contributed by atoms with Gasteiger partial charge in [0.2, 0.25) is 0 Å². The first-order chi connectivity index (χ1) is 15.9. The molecule has 0 saturated carbocycles. The van der Waals surface area contributed by atoms with Gasteiger partial charge in [-0.2, -0.15) is 0 Å². The second-order valence-corrected chi connectivity index (χ2v) is 7.81. The van der Waals surface area contributed by atoms with Gasteiger partial charge in [-0.05, 0) is 28.8 Å². The lowest BCUT2D eigenvalue weighted by molar-refractivity contribution is -0.124. The van der Waals surface area contributed by atoms with E-state index in [1.54, 1.807) is 42.7 Å². The Balaban J connectivity index is 1.46. The topological polar surface area (TPSA) is 114 Å². The van der Waals surface area contributed by atoms with Gasteiger partial charge in [0.25, 0.3) is 11.8 Å². The second-order valence-electron chi connectivity index (χ2n) is 7.81. The van der Waals surface area contributed by atoms with Crippen LogP contribution in [0, 0.1) is 5.82 Å². The zero-order valence-corrected chi connectivity index (χ0v) is 17.5. The SMILES string of the molecule is COc1ncc(-c2ccc(C3(CN4Cc5ccc(F)cc5C4=O)NC(=O)NC3=O)cc2)cn1. The molecule has 2 aliphatic heterocycles. The molecule has 5 rings (SSSR count). The maximum atomic E-state index is 13.6. The molecule has 1 aromatic heterocycles. The molecular weight excluding hydrogens is 429 g/mol. The van der Waals surface area contributed by atoms with E-state index in [-0.39, 0.29) is 24.7 Å². The second kappa shape index (κ2) is 7.66. The summed E-state index contributed by atoms with van der Waals surface area (Å²) in [5.41, 5.74) is 1.46. The van der Waals surface area contributed by atoms with Crippen LogP contribution in [0.5, 0.6) is 6.01 Å². The monoisotopic (exact) mass is 447 g/mol. The number of imide groups is 1. The molecule has 3 heterocycles. The number of fused-ring (bicyclic) bond motifs is 1. The number of carbonyl (C=O) groups excluding carboxylic acids is 3. The number of nitrogens with zero attached hydrogens (tertiary/aromatic N) is 3. The van der Waals surface area contributed by atoms with Crippen molar-refractivity contribution in [1.29, 1.82) is 0 Å². The summed E-state index contributed by atoms with van der Waals surface area (Å²) in [6, 6.07) is 10.6. The van der Waals surface area contributed by atoms with Gasteiger partial charge in [0.15, 0.2) is 5.54 Å². The Labute approximate surface area is 187 Å². The molecule has 33 heavy (non-hydrogen) atoms. The zero-order chi connectivity index (χ0) is 23.2. The first kappa shape index (κ1) is 20.6. The predicted octanol–water partition coefficient (Wildman–Crippen LogP) is 1.98. The van der Waals surface area contributed by atoms with Crippen molar-refractivity contribution in [3.8, 4) is 17.1 Å². The summed E-state index contributed by atoms with van der Waals surface area (Å²) < 4.78 is 18.6. The highest BCUT2D eigenvalue weighted by molar-refractivity contribution is 6.08. The number of benzene rings is 2. The molecule has 2 aromatic carbocycles. The fourth-order valence-electron chi connectivity index (χ4n) is 4.16. The van der Waals surface area contributed by atoms with Gasteiger partial charge < -0.3 is 15.0 Å². The quantitative estimate of drug-likeness (QED) is 0.579. The van der Waals surface area contributed by atoms with Crippen LogP contribution >= 0.6 is 0 Å². The van der Waals surface area contributed by atoms with Crippen LogP contribution in [-0.2, 0) is 16.9 Å². The molecule has 0 bridgehead atoms. The normalized spacial score (nSPS) is 19.3. The fraction of sp³-hybridized carbons (Fsp3) is 0.174. The average Bonchev–Trinajstić information content (AvgIpc) is 3.29. The van der Waals surface area contributed by atoms with E-state index in [0.717, 1.165) is 11.1 Å². The minimum atomic E-state index is -1.48. The van der Waals surface area contributed by atoms with Crippen LogP contribution in [0.25, 0.3) is 11.1 Å². The summed E-state index contributed by atoms with van der Waals surface area (Å²) >= 11 is 0. The van der Waals surface area contributed by atoms with Gasteiger partial charge in [-0.3, -0.25) is 14.9 Å². The summed E-state index contributed by atoms with van der Waals surface area (Å²) in [5.74, 6) is -1.48. The molecule has 0 spiro atoms. The lowest BCUT2D eigenvalue weighted by atomic mass is 9.88. The van der Waals surface area contributed by atoms with Crippen molar-refractivity contribution in [2.45, 2.75) is 12.1 Å². The highest BCUT2D eigenvalue weighted by Crippen LogP contribution is 2.32. The van der Waals surface area contributed by atoms with Gasteiger partial charge >= 0.3 is 12.0 Å². The third-order valence-electron chi connectivity index (χ3n) is 5.84. The number of carbonyl (C=O) groups is 3. The van der Waals surface area contributed by atoms with Crippen LogP contribution < -0.4 is 15.4 Å². The molecule has 1 fully saturated rings. The number of halogens is 1. The van der Waals surface area contributed by atoms with Gasteiger partial charge in [-0.1, -0.05) is 30.3 Å². The molecule has 166 valence electrons. The van der Waals surface area contributed by atoms with Crippen LogP contribution in [0.3, 0.4) is 0 Å². The molecule has 9 nitrogen and oxygen atoms in total. The summed E-state index contributed by atoms with van der Waals surface area (Å²) in [6.07, 6.45) is 3.22. The van der Waals surface area contributed by atoms with Gasteiger partial charge in [0.1, 0.15) is 5.82 Å². The predicted molar refractivity (Wildman–Crippen MR) is 114 cm³/mol. The van der Waals surface area contributed by atoms with Crippen LogP contribution in [0.4, 0.5) is 9.18 Å². The number of aromatic nitrogens is 2. The molecule has 1 saturated heterocycles. The summed E-state index contributed by atoms with van der Waals surface area (Å²) in [7, 11) is 1.48. The van der Waals surface area contributed by atoms with Gasteiger partial charge in [-0.15, -0.1) is 0 Å². The van der Waals surface area contributed by atoms with E-state index >= 15 is 0 Å². The number of methoxy groups -OCH3 is 1. The van der Waals surface area contributed by atoms with Crippen LogP contribution in [0.2, 0.25) is 0 Å². The van der Waals surface area contributed by atoms with E-state index in [4.69, 9.17) is 4.74 Å². The number of rotatable bonds is 5. The Morgan fingerprint density at radius 2 is 1.79 bits per heavy atom. The molecule has 1 unspecified atom stereocenters. The Hall–Kier alpha value is -4.34. The van der Waals surface area contributed by atoms with Crippen molar-refractivity contribution < 1.29 is 23.5 Å². The maximum absolute atomic E-state index is 13.6. The lowest BCUT2D eigenvalue weighted by Crippen LogP contribution is -2.52. The van der Waals surface area contributed by atoms with Crippen LogP contribution in [0.15, 0.2) is 54.9 Å². The smallest absolute Gasteiger partial charge is 0.322 e. The van der Waals surface area contributed by atoms with E-state index < -0.39 is 29.2 Å². The van der Waals surface area contributed by atoms with Crippen molar-refractivity contribution in [3.63, 3.8) is 0 Å². The van der Waals surface area contributed by atoms with Crippen molar-refractivity contribution in [1.82, 2.24) is 25.5 Å². The molecule has 4 amide bonds. The molecule has 1 atom stereocenters. The molecule has 2 aliphatic rings. The summed E-state index contributed by atoms with van der Waals surface area (Å²) in [6.45, 7) is 0.102. The minimum Gasteiger partial charge on any atom is -0.467 e. The number of hydrogen-bond acceptors (Lipinski definition) is 6. The Morgan fingerprint density at radius 3 is 2.42 bits per heavy atom. The van der Waals surface area contributed by atoms with Gasteiger partial charge in [0.05, 0.1) is 13.7 Å². The fourth-order valence-corrected chi connectivity index (χ4v) is 4.16. The highest BCUT2D eigenvalue weighted by Gasteiger charge is 2.50. The number of hydrogen-bond donors (Lipinski definition) is 2. The van der Waals surface area contributed by atoms with Gasteiger partial charge in [-0.25, -0.2) is 19.2 Å². The molecule has 10 heteroatoms. The molecule has 3 aromatic rings.